The standard InChI is InChI=1S/C15H16FN5O/c16-13-4-2-1-3-10(13)11-7-12(11)15(22)21-6-5-9(8-21)14-17-19-20-18-14/h1-4,9,11-12H,5-8H2,(H,17,18,19,20)/t9?,11-,12+/m0/s1. The first kappa shape index (κ1) is 13.4. The van der Waals surface area contributed by atoms with Crippen LogP contribution in [0.5, 0.6) is 0 Å². The molecular formula is C15H16FN5O. The van der Waals surface area contributed by atoms with Gasteiger partial charge in [0.25, 0.3) is 0 Å². The van der Waals surface area contributed by atoms with Gasteiger partial charge < -0.3 is 4.90 Å². The smallest absolute Gasteiger partial charge is 0.226 e. The van der Waals surface area contributed by atoms with Crippen molar-refractivity contribution in [2.75, 3.05) is 13.1 Å². The zero-order valence-electron chi connectivity index (χ0n) is 11.9. The van der Waals surface area contributed by atoms with Gasteiger partial charge in [0.1, 0.15) is 5.82 Å². The minimum absolute atomic E-state index is 0.0259. The molecule has 1 aliphatic heterocycles. The number of aromatic nitrogens is 4. The average Bonchev–Trinajstić information content (AvgIpc) is 2.93. The number of nitrogens with one attached hydrogen (secondary N) is 1. The zero-order chi connectivity index (χ0) is 15.1. The number of carbonyl (C=O) groups is 1. The number of rotatable bonds is 3. The van der Waals surface area contributed by atoms with Crippen LogP contribution in [-0.4, -0.2) is 44.5 Å². The maximum Gasteiger partial charge on any atom is 0.226 e. The highest BCUT2D eigenvalue weighted by molar-refractivity contribution is 5.83. The van der Waals surface area contributed by atoms with Gasteiger partial charge in [-0.15, -0.1) is 10.2 Å². The Labute approximate surface area is 126 Å². The quantitative estimate of drug-likeness (QED) is 0.931. The molecule has 1 aliphatic carbocycles. The summed E-state index contributed by atoms with van der Waals surface area (Å²) >= 11 is 0. The van der Waals surface area contributed by atoms with Gasteiger partial charge in [0, 0.05) is 24.9 Å². The van der Waals surface area contributed by atoms with E-state index in [1.54, 1.807) is 12.1 Å². The fourth-order valence-corrected chi connectivity index (χ4v) is 3.34. The third-order valence-corrected chi connectivity index (χ3v) is 4.64. The molecule has 1 saturated carbocycles. The van der Waals surface area contributed by atoms with Gasteiger partial charge in [-0.05, 0) is 30.4 Å². The molecule has 1 N–H and O–H groups in total. The van der Waals surface area contributed by atoms with Crippen LogP contribution in [0.2, 0.25) is 0 Å². The number of tetrazole rings is 1. The van der Waals surface area contributed by atoms with Crippen LogP contribution in [0.4, 0.5) is 4.39 Å². The van der Waals surface area contributed by atoms with Crippen LogP contribution in [-0.2, 0) is 4.79 Å². The number of amides is 1. The fourth-order valence-electron chi connectivity index (χ4n) is 3.34. The molecule has 2 aliphatic rings. The molecule has 0 radical (unpaired) electrons. The second kappa shape index (κ2) is 5.15. The Morgan fingerprint density at radius 1 is 1.36 bits per heavy atom. The summed E-state index contributed by atoms with van der Waals surface area (Å²) in [5.74, 6) is 0.664. The number of aromatic amines is 1. The molecule has 3 atom stereocenters. The maximum absolute atomic E-state index is 13.8. The first-order valence-electron chi connectivity index (χ1n) is 7.50. The molecule has 22 heavy (non-hydrogen) atoms. The van der Waals surface area contributed by atoms with Gasteiger partial charge in [-0.1, -0.05) is 23.4 Å². The predicted molar refractivity (Wildman–Crippen MR) is 75.4 cm³/mol. The lowest BCUT2D eigenvalue weighted by Gasteiger charge is -2.16. The highest BCUT2D eigenvalue weighted by Gasteiger charge is 2.48. The molecule has 1 amide bonds. The third-order valence-electron chi connectivity index (χ3n) is 4.64. The molecule has 1 aromatic carbocycles. The van der Waals surface area contributed by atoms with Crippen LogP contribution in [0.25, 0.3) is 0 Å². The molecule has 2 heterocycles. The molecule has 7 heteroatoms. The molecule has 114 valence electrons. The Morgan fingerprint density at radius 2 is 2.23 bits per heavy atom. The Kier molecular flexibility index (Phi) is 3.13. The molecule has 1 unspecified atom stereocenters. The SMILES string of the molecule is O=C([C@@H]1C[C@H]1c1ccccc1F)N1CCC(c2nn[nH]n2)C1. The topological polar surface area (TPSA) is 74.8 Å². The first-order valence-corrected chi connectivity index (χ1v) is 7.50. The normalized spacial score (nSPS) is 27.1. The van der Waals surface area contributed by atoms with Gasteiger partial charge in [-0.2, -0.15) is 5.21 Å². The summed E-state index contributed by atoms with van der Waals surface area (Å²) in [5, 5.41) is 14.0. The van der Waals surface area contributed by atoms with Gasteiger partial charge in [-0.3, -0.25) is 4.79 Å². The molecule has 0 spiro atoms. The van der Waals surface area contributed by atoms with E-state index < -0.39 is 0 Å². The van der Waals surface area contributed by atoms with Crippen molar-refractivity contribution in [2.24, 2.45) is 5.92 Å². The van der Waals surface area contributed by atoms with E-state index in [9.17, 15) is 9.18 Å². The molecule has 2 fully saturated rings. The van der Waals surface area contributed by atoms with Crippen molar-refractivity contribution < 1.29 is 9.18 Å². The van der Waals surface area contributed by atoms with E-state index in [0.717, 1.165) is 12.8 Å². The van der Waals surface area contributed by atoms with Crippen molar-refractivity contribution in [3.8, 4) is 0 Å². The Morgan fingerprint density at radius 3 is 3.00 bits per heavy atom. The van der Waals surface area contributed by atoms with Crippen molar-refractivity contribution in [1.82, 2.24) is 25.5 Å². The van der Waals surface area contributed by atoms with E-state index in [2.05, 4.69) is 20.6 Å². The molecule has 0 bridgehead atoms. The number of carbonyl (C=O) groups excluding carboxylic acids is 1. The summed E-state index contributed by atoms with van der Waals surface area (Å²) in [7, 11) is 0. The van der Waals surface area contributed by atoms with E-state index in [-0.39, 0.29) is 29.5 Å². The van der Waals surface area contributed by atoms with Crippen molar-refractivity contribution >= 4 is 5.91 Å². The minimum Gasteiger partial charge on any atom is -0.342 e. The number of nitrogens with zero attached hydrogens (tertiary/aromatic N) is 4. The predicted octanol–water partition coefficient (Wildman–Crippen LogP) is 1.46. The number of hydrogen-bond acceptors (Lipinski definition) is 4. The summed E-state index contributed by atoms with van der Waals surface area (Å²) < 4.78 is 13.8. The minimum atomic E-state index is -0.214. The van der Waals surface area contributed by atoms with Crippen LogP contribution >= 0.6 is 0 Å². The Bertz CT molecular complexity index is 689. The molecule has 4 rings (SSSR count). The van der Waals surface area contributed by atoms with E-state index in [1.807, 2.05) is 11.0 Å². The summed E-state index contributed by atoms with van der Waals surface area (Å²) in [6.07, 6.45) is 1.59. The summed E-state index contributed by atoms with van der Waals surface area (Å²) in [5.41, 5.74) is 0.662. The van der Waals surface area contributed by atoms with Crippen molar-refractivity contribution in [3.05, 3.63) is 41.5 Å². The Balaban J connectivity index is 1.41. The summed E-state index contributed by atoms with van der Waals surface area (Å²) in [6, 6.07) is 6.73. The van der Waals surface area contributed by atoms with Crippen LogP contribution < -0.4 is 0 Å². The average molecular weight is 301 g/mol. The van der Waals surface area contributed by atoms with Gasteiger partial charge >= 0.3 is 0 Å². The van der Waals surface area contributed by atoms with E-state index >= 15 is 0 Å². The van der Waals surface area contributed by atoms with Gasteiger partial charge in [-0.25, -0.2) is 4.39 Å². The molecular weight excluding hydrogens is 285 g/mol. The second-order valence-corrected chi connectivity index (χ2v) is 6.01. The lowest BCUT2D eigenvalue weighted by Crippen LogP contribution is -2.30. The summed E-state index contributed by atoms with van der Waals surface area (Å²) in [4.78, 5) is 14.4. The van der Waals surface area contributed by atoms with E-state index in [4.69, 9.17) is 0 Å². The highest BCUT2D eigenvalue weighted by atomic mass is 19.1. The van der Waals surface area contributed by atoms with Crippen molar-refractivity contribution in [2.45, 2.75) is 24.7 Å². The van der Waals surface area contributed by atoms with Gasteiger partial charge in [0.15, 0.2) is 5.82 Å². The highest BCUT2D eigenvalue weighted by Crippen LogP contribution is 2.49. The number of benzene rings is 1. The lowest BCUT2D eigenvalue weighted by molar-refractivity contribution is -0.131. The summed E-state index contributed by atoms with van der Waals surface area (Å²) in [6.45, 7) is 1.33. The molecule has 1 saturated heterocycles. The Hall–Kier alpha value is -2.31. The van der Waals surface area contributed by atoms with Crippen LogP contribution in [0.1, 0.15) is 36.1 Å². The van der Waals surface area contributed by atoms with Gasteiger partial charge in [0.05, 0.1) is 0 Å². The zero-order valence-corrected chi connectivity index (χ0v) is 11.9. The van der Waals surface area contributed by atoms with Crippen LogP contribution in [0.3, 0.4) is 0 Å². The number of H-pyrrole nitrogens is 1. The maximum atomic E-state index is 13.8. The van der Waals surface area contributed by atoms with Crippen LogP contribution in [0.15, 0.2) is 24.3 Å². The fraction of sp³-hybridized carbons (Fsp3) is 0.467. The molecule has 2 aromatic rings. The number of hydrogen-bond donors (Lipinski definition) is 1. The molecule has 1 aromatic heterocycles. The van der Waals surface area contributed by atoms with Crippen LogP contribution in [0, 0.1) is 11.7 Å². The largest absolute Gasteiger partial charge is 0.342 e. The number of halogens is 1. The van der Waals surface area contributed by atoms with E-state index in [0.29, 0.717) is 24.5 Å². The first-order chi connectivity index (χ1) is 10.7. The van der Waals surface area contributed by atoms with Crippen molar-refractivity contribution in [3.63, 3.8) is 0 Å². The molecule has 6 nitrogen and oxygen atoms in total. The number of likely N-dealkylation sites (tertiary alicyclic amines) is 1. The van der Waals surface area contributed by atoms with Gasteiger partial charge in [0.2, 0.25) is 5.91 Å². The van der Waals surface area contributed by atoms with Crippen molar-refractivity contribution in [1.29, 1.82) is 0 Å². The lowest BCUT2D eigenvalue weighted by atomic mass is 10.1. The third kappa shape index (κ3) is 2.26. The second-order valence-electron chi connectivity index (χ2n) is 6.01. The monoisotopic (exact) mass is 301 g/mol. The van der Waals surface area contributed by atoms with E-state index in [1.165, 1.54) is 6.07 Å².